The van der Waals surface area contributed by atoms with Crippen molar-refractivity contribution in [1.82, 2.24) is 15.1 Å². The predicted octanol–water partition coefficient (Wildman–Crippen LogP) is 2.09. The van der Waals surface area contributed by atoms with Gasteiger partial charge in [0.1, 0.15) is 5.60 Å². The Morgan fingerprint density at radius 2 is 2.00 bits per heavy atom. The SMILES string of the molecule is CCOC(=O)C1CCCN(C(=NC)NCCN(CC)C(=O)OC(C)(C)C)C1. The van der Waals surface area contributed by atoms with Crippen molar-refractivity contribution in [1.29, 1.82) is 0 Å². The molecule has 1 atom stereocenters. The van der Waals surface area contributed by atoms with Crippen LogP contribution >= 0.6 is 0 Å². The molecular formula is C19H36N4O4. The molecule has 1 aliphatic heterocycles. The zero-order valence-electron chi connectivity index (χ0n) is 17.7. The number of likely N-dealkylation sites (N-methyl/N-ethyl adjacent to an activating group) is 1. The summed E-state index contributed by atoms with van der Waals surface area (Å²) >= 11 is 0. The molecule has 0 bridgehead atoms. The second kappa shape index (κ2) is 11.0. The third-order valence-electron chi connectivity index (χ3n) is 4.25. The molecule has 0 aromatic carbocycles. The zero-order chi connectivity index (χ0) is 20.4. The van der Waals surface area contributed by atoms with Crippen LogP contribution in [0.4, 0.5) is 4.79 Å². The Morgan fingerprint density at radius 3 is 2.56 bits per heavy atom. The molecule has 8 nitrogen and oxygen atoms in total. The zero-order valence-corrected chi connectivity index (χ0v) is 17.7. The smallest absolute Gasteiger partial charge is 0.410 e. The van der Waals surface area contributed by atoms with Crippen LogP contribution in [-0.4, -0.2) is 79.8 Å². The first-order valence-electron chi connectivity index (χ1n) is 9.82. The summed E-state index contributed by atoms with van der Waals surface area (Å²) in [5.41, 5.74) is -0.510. The second-order valence-electron chi connectivity index (χ2n) is 7.57. The molecule has 1 rings (SSSR count). The molecule has 0 aliphatic carbocycles. The van der Waals surface area contributed by atoms with Gasteiger partial charge in [0.05, 0.1) is 12.5 Å². The maximum atomic E-state index is 12.2. The van der Waals surface area contributed by atoms with E-state index >= 15 is 0 Å². The molecule has 1 fully saturated rings. The molecule has 0 saturated carbocycles. The third kappa shape index (κ3) is 8.05. The Bertz CT molecular complexity index is 516. The summed E-state index contributed by atoms with van der Waals surface area (Å²) in [7, 11) is 1.72. The van der Waals surface area contributed by atoms with Gasteiger partial charge in [-0.2, -0.15) is 0 Å². The van der Waals surface area contributed by atoms with E-state index in [1.807, 2.05) is 34.6 Å². The van der Waals surface area contributed by atoms with Crippen LogP contribution < -0.4 is 5.32 Å². The Kier molecular flexibility index (Phi) is 9.38. The molecule has 1 heterocycles. The number of carbonyl (C=O) groups excluding carboxylic acids is 2. The average molecular weight is 385 g/mol. The van der Waals surface area contributed by atoms with E-state index < -0.39 is 5.60 Å². The topological polar surface area (TPSA) is 83.5 Å². The van der Waals surface area contributed by atoms with Crippen molar-refractivity contribution in [2.45, 2.75) is 53.1 Å². The fourth-order valence-electron chi connectivity index (χ4n) is 2.96. The molecule has 0 aromatic heterocycles. The molecule has 8 heteroatoms. The number of ether oxygens (including phenoxy) is 2. The number of nitrogens with zero attached hydrogens (tertiary/aromatic N) is 3. The first-order valence-corrected chi connectivity index (χ1v) is 9.82. The summed E-state index contributed by atoms with van der Waals surface area (Å²) in [6, 6.07) is 0. The van der Waals surface area contributed by atoms with Crippen molar-refractivity contribution < 1.29 is 19.1 Å². The van der Waals surface area contributed by atoms with Crippen LogP contribution in [0, 0.1) is 5.92 Å². The molecule has 1 amide bonds. The first kappa shape index (κ1) is 23.0. The van der Waals surface area contributed by atoms with Crippen molar-refractivity contribution >= 4 is 18.0 Å². The number of likely N-dealkylation sites (tertiary alicyclic amines) is 1. The van der Waals surface area contributed by atoms with E-state index in [0.717, 1.165) is 25.3 Å². The molecule has 1 saturated heterocycles. The number of guanidine groups is 1. The average Bonchev–Trinajstić information content (AvgIpc) is 2.60. The first-order chi connectivity index (χ1) is 12.7. The number of nitrogens with one attached hydrogen (secondary N) is 1. The molecule has 1 unspecified atom stereocenters. The maximum Gasteiger partial charge on any atom is 0.410 e. The summed E-state index contributed by atoms with van der Waals surface area (Å²) in [6.07, 6.45) is 1.44. The third-order valence-corrected chi connectivity index (χ3v) is 4.25. The van der Waals surface area contributed by atoms with E-state index in [9.17, 15) is 9.59 Å². The van der Waals surface area contributed by atoms with E-state index in [2.05, 4.69) is 15.2 Å². The van der Waals surface area contributed by atoms with Crippen molar-refractivity contribution in [3.63, 3.8) is 0 Å². The Labute approximate surface area is 163 Å². The normalized spacial score (nSPS) is 18.1. The van der Waals surface area contributed by atoms with Crippen LogP contribution in [0.3, 0.4) is 0 Å². The van der Waals surface area contributed by atoms with Crippen LogP contribution in [0.15, 0.2) is 4.99 Å². The van der Waals surface area contributed by atoms with E-state index in [1.165, 1.54) is 0 Å². The van der Waals surface area contributed by atoms with Gasteiger partial charge in [-0.25, -0.2) is 4.79 Å². The van der Waals surface area contributed by atoms with Gasteiger partial charge in [-0.1, -0.05) is 0 Å². The number of hydrogen-bond donors (Lipinski definition) is 1. The van der Waals surface area contributed by atoms with Crippen LogP contribution in [0.1, 0.15) is 47.5 Å². The lowest BCUT2D eigenvalue weighted by Crippen LogP contribution is -2.50. The highest BCUT2D eigenvalue weighted by Crippen LogP contribution is 2.18. The highest BCUT2D eigenvalue weighted by Gasteiger charge is 2.28. The van der Waals surface area contributed by atoms with Gasteiger partial charge in [-0.15, -0.1) is 0 Å². The van der Waals surface area contributed by atoms with Crippen LogP contribution in [0.2, 0.25) is 0 Å². The quantitative estimate of drug-likeness (QED) is 0.429. The Morgan fingerprint density at radius 1 is 1.30 bits per heavy atom. The van der Waals surface area contributed by atoms with Gasteiger partial charge in [0.15, 0.2) is 5.96 Å². The number of aliphatic imine (C=N–C) groups is 1. The van der Waals surface area contributed by atoms with Gasteiger partial charge in [0.25, 0.3) is 0 Å². The lowest BCUT2D eigenvalue weighted by Gasteiger charge is -2.34. The standard InChI is InChI=1S/C19H36N4O4/c1-7-22(18(25)27-19(3,4)5)13-11-21-17(20-6)23-12-9-10-15(14-23)16(24)26-8-2/h15H,7-14H2,1-6H3,(H,20,21). The summed E-state index contributed by atoms with van der Waals surface area (Å²) in [6.45, 7) is 12.8. The van der Waals surface area contributed by atoms with Gasteiger partial charge in [-0.3, -0.25) is 9.79 Å². The van der Waals surface area contributed by atoms with E-state index in [-0.39, 0.29) is 18.0 Å². The minimum absolute atomic E-state index is 0.119. The second-order valence-corrected chi connectivity index (χ2v) is 7.57. The number of rotatable bonds is 6. The van der Waals surface area contributed by atoms with Crippen molar-refractivity contribution in [2.75, 3.05) is 46.4 Å². The molecular weight excluding hydrogens is 348 g/mol. The molecule has 0 spiro atoms. The van der Waals surface area contributed by atoms with Crippen LogP contribution in [0.25, 0.3) is 0 Å². The highest BCUT2D eigenvalue weighted by atomic mass is 16.6. The fraction of sp³-hybridized carbons (Fsp3) is 0.842. The summed E-state index contributed by atoms with van der Waals surface area (Å²) in [5.74, 6) is 0.482. The molecule has 0 radical (unpaired) electrons. The van der Waals surface area contributed by atoms with Crippen molar-refractivity contribution in [2.24, 2.45) is 10.9 Å². The van der Waals surface area contributed by atoms with Gasteiger partial charge >= 0.3 is 12.1 Å². The minimum Gasteiger partial charge on any atom is -0.466 e. The van der Waals surface area contributed by atoms with Crippen molar-refractivity contribution in [3.05, 3.63) is 0 Å². The van der Waals surface area contributed by atoms with Crippen LogP contribution in [0.5, 0.6) is 0 Å². The molecule has 1 aliphatic rings. The number of esters is 1. The minimum atomic E-state index is -0.510. The lowest BCUT2D eigenvalue weighted by atomic mass is 9.98. The van der Waals surface area contributed by atoms with Crippen LogP contribution in [-0.2, 0) is 14.3 Å². The number of hydrogen-bond acceptors (Lipinski definition) is 5. The molecule has 1 N–H and O–H groups in total. The highest BCUT2D eigenvalue weighted by molar-refractivity contribution is 5.81. The maximum absolute atomic E-state index is 12.2. The molecule has 156 valence electrons. The van der Waals surface area contributed by atoms with Crippen molar-refractivity contribution in [3.8, 4) is 0 Å². The Balaban J connectivity index is 2.53. The Hall–Kier alpha value is -1.99. The summed E-state index contributed by atoms with van der Waals surface area (Å²) in [4.78, 5) is 32.3. The number of piperidine rings is 1. The number of carbonyl (C=O) groups is 2. The largest absolute Gasteiger partial charge is 0.466 e. The molecule has 0 aromatic rings. The van der Waals surface area contributed by atoms with Gasteiger partial charge in [0, 0.05) is 39.8 Å². The van der Waals surface area contributed by atoms with E-state index in [0.29, 0.717) is 32.8 Å². The lowest BCUT2D eigenvalue weighted by molar-refractivity contribution is -0.149. The summed E-state index contributed by atoms with van der Waals surface area (Å²) in [5, 5.41) is 3.29. The monoisotopic (exact) mass is 384 g/mol. The van der Waals surface area contributed by atoms with Gasteiger partial charge in [0.2, 0.25) is 0 Å². The fourth-order valence-corrected chi connectivity index (χ4v) is 2.96. The van der Waals surface area contributed by atoms with E-state index in [4.69, 9.17) is 9.47 Å². The summed E-state index contributed by atoms with van der Waals surface area (Å²) < 4.78 is 10.6. The van der Waals surface area contributed by atoms with Gasteiger partial charge in [-0.05, 0) is 47.5 Å². The number of amides is 1. The van der Waals surface area contributed by atoms with Gasteiger partial charge < -0.3 is 24.6 Å². The predicted molar refractivity (Wildman–Crippen MR) is 106 cm³/mol. The molecule has 27 heavy (non-hydrogen) atoms. The van der Waals surface area contributed by atoms with E-state index in [1.54, 1.807) is 11.9 Å².